The van der Waals surface area contributed by atoms with Crippen molar-refractivity contribution >= 4 is 17.2 Å². The number of benzene rings is 2. The number of hydrogen-bond donors (Lipinski definition) is 1. The number of hydrogen-bond acceptors (Lipinski definition) is 6. The molecule has 0 bridgehead atoms. The zero-order valence-electron chi connectivity index (χ0n) is 18.6. The lowest BCUT2D eigenvalue weighted by Gasteiger charge is -2.24. The molecule has 2 atom stereocenters. The number of thiazole rings is 1. The highest BCUT2D eigenvalue weighted by Gasteiger charge is 2.45. The number of aliphatic hydroxyl groups is 1. The number of likely N-dealkylation sites (tertiary alicyclic amines) is 1. The number of fused-ring (bicyclic) bond motifs is 3. The molecule has 2 unspecified atom stereocenters. The fourth-order valence-electron chi connectivity index (χ4n) is 5.08. The largest absolute Gasteiger partial charge is 0.490 e. The first-order valence-electron chi connectivity index (χ1n) is 11.2. The second-order valence-electron chi connectivity index (χ2n) is 8.82. The lowest BCUT2D eigenvalue weighted by Crippen LogP contribution is -2.30. The standard InChI is InChI=1S/C26H25N3O3S/c1-15(2)32-22-7-6-16(10-18(22)13-27)26-28-14-23(33-26)19-4-3-5-20-21(19)11-17-12-24(31)29(8-9-30)25(17)20/h3-7,10,14-15,17,25,30H,8-9,11-12H2,1-2H3. The molecule has 7 heteroatoms. The van der Waals surface area contributed by atoms with Crippen LogP contribution in [0.3, 0.4) is 0 Å². The Bertz CT molecular complexity index is 1260. The van der Waals surface area contributed by atoms with Crippen molar-refractivity contribution < 1.29 is 14.6 Å². The summed E-state index contributed by atoms with van der Waals surface area (Å²) in [5.41, 5.74) is 5.01. The second-order valence-corrected chi connectivity index (χ2v) is 9.85. The van der Waals surface area contributed by atoms with Crippen molar-refractivity contribution in [3.8, 4) is 32.8 Å². The smallest absolute Gasteiger partial charge is 0.223 e. The zero-order valence-corrected chi connectivity index (χ0v) is 19.4. The summed E-state index contributed by atoms with van der Waals surface area (Å²) in [4.78, 5) is 20.0. The van der Waals surface area contributed by atoms with Crippen molar-refractivity contribution in [1.82, 2.24) is 9.88 Å². The minimum Gasteiger partial charge on any atom is -0.490 e. The molecule has 2 heterocycles. The van der Waals surface area contributed by atoms with Crippen molar-refractivity contribution in [3.63, 3.8) is 0 Å². The number of carbonyl (C=O) groups is 1. The van der Waals surface area contributed by atoms with E-state index in [0.717, 1.165) is 27.4 Å². The van der Waals surface area contributed by atoms with Crippen LogP contribution in [0, 0.1) is 17.2 Å². The van der Waals surface area contributed by atoms with Gasteiger partial charge in [0.25, 0.3) is 0 Å². The second kappa shape index (κ2) is 8.62. The Hall–Kier alpha value is -3.21. The summed E-state index contributed by atoms with van der Waals surface area (Å²) in [6, 6.07) is 14.2. The van der Waals surface area contributed by atoms with Crippen LogP contribution in [-0.2, 0) is 11.2 Å². The van der Waals surface area contributed by atoms with Crippen LogP contribution in [0.2, 0.25) is 0 Å². The number of carbonyl (C=O) groups excluding carboxylic acids is 1. The van der Waals surface area contributed by atoms with Crippen LogP contribution in [0.4, 0.5) is 0 Å². The van der Waals surface area contributed by atoms with Gasteiger partial charge in [0.1, 0.15) is 16.8 Å². The molecule has 33 heavy (non-hydrogen) atoms. The molecule has 1 fully saturated rings. The monoisotopic (exact) mass is 459 g/mol. The van der Waals surface area contributed by atoms with E-state index in [1.165, 1.54) is 11.1 Å². The third kappa shape index (κ3) is 3.79. The molecule has 5 rings (SSSR count). The third-order valence-electron chi connectivity index (χ3n) is 6.36. The van der Waals surface area contributed by atoms with E-state index in [9.17, 15) is 15.2 Å². The Labute approximate surface area is 197 Å². The van der Waals surface area contributed by atoms with Gasteiger partial charge in [0, 0.05) is 24.7 Å². The lowest BCUT2D eigenvalue weighted by molar-refractivity contribution is -0.129. The molecule has 1 amide bonds. The van der Waals surface area contributed by atoms with Gasteiger partial charge in [-0.2, -0.15) is 5.26 Å². The van der Waals surface area contributed by atoms with Crippen molar-refractivity contribution in [2.24, 2.45) is 5.92 Å². The maximum atomic E-state index is 12.4. The first-order chi connectivity index (χ1) is 16.0. The summed E-state index contributed by atoms with van der Waals surface area (Å²) in [5.74, 6) is 0.982. The summed E-state index contributed by atoms with van der Waals surface area (Å²) in [6.45, 7) is 4.24. The van der Waals surface area contributed by atoms with Crippen molar-refractivity contribution in [2.75, 3.05) is 13.2 Å². The molecule has 1 N–H and O–H groups in total. The van der Waals surface area contributed by atoms with E-state index in [1.807, 2.05) is 49.2 Å². The molecule has 1 aliphatic heterocycles. The predicted octanol–water partition coefficient (Wildman–Crippen LogP) is 4.57. The minimum absolute atomic E-state index is 0.00215. The normalized spacial score (nSPS) is 19.0. The van der Waals surface area contributed by atoms with Crippen LogP contribution in [0.1, 0.15) is 43.0 Å². The minimum atomic E-state index is -0.0200. The van der Waals surface area contributed by atoms with Crippen LogP contribution in [0.5, 0.6) is 5.75 Å². The Balaban J connectivity index is 1.48. The Morgan fingerprint density at radius 2 is 2.15 bits per heavy atom. The van der Waals surface area contributed by atoms with Crippen LogP contribution in [-0.4, -0.2) is 40.2 Å². The van der Waals surface area contributed by atoms with Crippen molar-refractivity contribution in [3.05, 3.63) is 59.3 Å². The quantitative estimate of drug-likeness (QED) is 0.583. The van der Waals surface area contributed by atoms with Gasteiger partial charge in [0.2, 0.25) is 5.91 Å². The number of ether oxygens (including phenoxy) is 1. The molecule has 1 aromatic heterocycles. The number of nitrogens with zero attached hydrogens (tertiary/aromatic N) is 3. The Kier molecular flexibility index (Phi) is 5.65. The molecule has 1 saturated heterocycles. The number of aromatic nitrogens is 1. The van der Waals surface area contributed by atoms with E-state index in [0.29, 0.717) is 24.3 Å². The van der Waals surface area contributed by atoms with Crippen LogP contribution >= 0.6 is 11.3 Å². The van der Waals surface area contributed by atoms with Gasteiger partial charge in [-0.05, 0) is 61.1 Å². The molecule has 0 spiro atoms. The van der Waals surface area contributed by atoms with E-state index in [4.69, 9.17) is 4.74 Å². The van der Waals surface area contributed by atoms with E-state index in [2.05, 4.69) is 23.2 Å². The molecule has 0 radical (unpaired) electrons. The van der Waals surface area contributed by atoms with E-state index >= 15 is 0 Å². The van der Waals surface area contributed by atoms with Gasteiger partial charge in [0.05, 0.1) is 29.2 Å². The first kappa shape index (κ1) is 21.6. The van der Waals surface area contributed by atoms with Gasteiger partial charge >= 0.3 is 0 Å². The number of nitriles is 1. The highest BCUT2D eigenvalue weighted by molar-refractivity contribution is 7.18. The third-order valence-corrected chi connectivity index (χ3v) is 7.44. The maximum absolute atomic E-state index is 12.4. The summed E-state index contributed by atoms with van der Waals surface area (Å²) < 4.78 is 5.74. The van der Waals surface area contributed by atoms with Gasteiger partial charge in [0.15, 0.2) is 0 Å². The highest BCUT2D eigenvalue weighted by Crippen LogP contribution is 2.50. The topological polar surface area (TPSA) is 86.4 Å². The van der Waals surface area contributed by atoms with E-state index in [-0.39, 0.29) is 30.6 Å². The number of aliphatic hydroxyl groups excluding tert-OH is 1. The van der Waals surface area contributed by atoms with Crippen molar-refractivity contribution in [1.29, 1.82) is 5.26 Å². The van der Waals surface area contributed by atoms with Crippen LogP contribution in [0.15, 0.2) is 42.6 Å². The molecule has 6 nitrogen and oxygen atoms in total. The van der Waals surface area contributed by atoms with Crippen LogP contribution < -0.4 is 4.74 Å². The Morgan fingerprint density at radius 3 is 2.91 bits per heavy atom. The molecule has 168 valence electrons. The Morgan fingerprint density at radius 1 is 1.30 bits per heavy atom. The van der Waals surface area contributed by atoms with Gasteiger partial charge in [-0.3, -0.25) is 4.79 Å². The average Bonchev–Trinajstić information content (AvgIpc) is 3.49. The highest BCUT2D eigenvalue weighted by atomic mass is 32.1. The first-order valence-corrected chi connectivity index (χ1v) is 12.0. The maximum Gasteiger partial charge on any atom is 0.223 e. The fourth-order valence-corrected chi connectivity index (χ4v) is 6.05. The molecule has 2 aromatic carbocycles. The summed E-state index contributed by atoms with van der Waals surface area (Å²) >= 11 is 1.60. The van der Waals surface area contributed by atoms with E-state index < -0.39 is 0 Å². The molecular weight excluding hydrogens is 434 g/mol. The van der Waals surface area contributed by atoms with Gasteiger partial charge < -0.3 is 14.7 Å². The van der Waals surface area contributed by atoms with Gasteiger partial charge in [-0.15, -0.1) is 11.3 Å². The van der Waals surface area contributed by atoms with Gasteiger partial charge in [-0.25, -0.2) is 4.98 Å². The molecule has 2 aliphatic rings. The molecular formula is C26H25N3O3S. The SMILES string of the molecule is CC(C)Oc1ccc(-c2ncc(-c3cccc4c3CC3CC(=O)N(CCO)C43)s2)cc1C#N. The zero-order chi connectivity index (χ0) is 23.1. The number of β-amino-alcohol motifs (C(OH)–C–C–N with tert-alkyl or cyclic N) is 1. The molecule has 3 aromatic rings. The number of rotatable bonds is 6. The average molecular weight is 460 g/mol. The number of amides is 1. The summed E-state index contributed by atoms with van der Waals surface area (Å²) in [6.07, 6.45) is 3.29. The van der Waals surface area contributed by atoms with Gasteiger partial charge in [-0.1, -0.05) is 18.2 Å². The summed E-state index contributed by atoms with van der Waals surface area (Å²) in [7, 11) is 0. The fraction of sp³-hybridized carbons (Fsp3) is 0.346. The van der Waals surface area contributed by atoms with E-state index in [1.54, 1.807) is 11.3 Å². The van der Waals surface area contributed by atoms with Crippen LogP contribution in [0.25, 0.3) is 21.0 Å². The predicted molar refractivity (Wildman–Crippen MR) is 127 cm³/mol. The molecule has 1 aliphatic carbocycles. The lowest BCUT2D eigenvalue weighted by atomic mass is 10.0. The molecule has 0 saturated carbocycles. The van der Waals surface area contributed by atoms with Crippen molar-refractivity contribution in [2.45, 2.75) is 38.8 Å². The summed E-state index contributed by atoms with van der Waals surface area (Å²) in [5, 5.41) is 19.8.